The van der Waals surface area contributed by atoms with Gasteiger partial charge >= 0.3 is 5.69 Å². The van der Waals surface area contributed by atoms with Gasteiger partial charge in [0.05, 0.1) is 26.3 Å². The van der Waals surface area contributed by atoms with Gasteiger partial charge in [-0.3, -0.25) is 10.1 Å². The van der Waals surface area contributed by atoms with Crippen LogP contribution in [0.5, 0.6) is 0 Å². The van der Waals surface area contributed by atoms with Crippen LogP contribution in [0.15, 0.2) is 54.6 Å². The first-order valence-electron chi connectivity index (χ1n) is 8.60. The fraction of sp³-hybridized carbons (Fsp3) is 0.182. The van der Waals surface area contributed by atoms with Crippen LogP contribution in [0.25, 0.3) is 11.0 Å². The van der Waals surface area contributed by atoms with Gasteiger partial charge in [0.2, 0.25) is 0 Å². The summed E-state index contributed by atoms with van der Waals surface area (Å²) >= 11 is 16.9. The SMILES string of the molecule is C.C.C.CO.Clc1cccc2n[nH]nc12.Nc1cccc(Cl)c1N.Nc1cccc(Cl)c1[N+](=O)[O-].O. The lowest BCUT2D eigenvalue weighted by Crippen LogP contribution is -1.95. The predicted octanol–water partition coefficient (Wildman–Crippen LogP) is 5.64. The number of halogens is 3. The van der Waals surface area contributed by atoms with Gasteiger partial charge in [0.15, 0.2) is 0 Å². The topological polar surface area (TPSA) is 214 Å². The summed E-state index contributed by atoms with van der Waals surface area (Å²) in [5.74, 6) is 0. The zero-order valence-corrected chi connectivity index (χ0v) is 19.4. The molecule has 36 heavy (non-hydrogen) atoms. The lowest BCUT2D eigenvalue weighted by atomic mass is 10.3. The first-order chi connectivity index (χ1) is 15.2. The second-order valence-corrected chi connectivity index (χ2v) is 6.83. The molecule has 4 rings (SSSR count). The van der Waals surface area contributed by atoms with E-state index in [1.807, 2.05) is 12.1 Å². The van der Waals surface area contributed by atoms with Crippen molar-refractivity contribution < 1.29 is 15.5 Å². The number of nitrogens with one attached hydrogen (secondary N) is 1. The molecule has 0 bridgehead atoms. The highest BCUT2D eigenvalue weighted by Gasteiger charge is 2.14. The van der Waals surface area contributed by atoms with E-state index < -0.39 is 4.92 Å². The van der Waals surface area contributed by atoms with Crippen LogP contribution >= 0.6 is 34.8 Å². The van der Waals surface area contributed by atoms with Crippen molar-refractivity contribution in [2.75, 3.05) is 24.3 Å². The van der Waals surface area contributed by atoms with Crippen LogP contribution in [0.2, 0.25) is 15.1 Å². The van der Waals surface area contributed by atoms with Gasteiger partial charge in [-0.25, -0.2) is 0 Å². The van der Waals surface area contributed by atoms with Gasteiger partial charge in [0, 0.05) is 7.11 Å². The molecule has 1 heterocycles. The van der Waals surface area contributed by atoms with E-state index in [0.717, 1.165) is 18.1 Å². The normalized spacial score (nSPS) is 8.36. The molecule has 0 aliphatic rings. The standard InChI is InChI=1S/C6H4ClN3.C6H5ClN2O2.C6H7ClN2.CH4O.3CH4.H2O/c7-4-2-1-3-5-6(4)9-10-8-5;7-4-2-1-3-5(8)6(4)9(10)11;7-4-2-1-3-5(8)6(4)9;1-2;;;;/h1-3H,(H,8,9,10);1-3H,8H2;1-3H,8-9H2;2H,1H3;3*1H4;1H2. The van der Waals surface area contributed by atoms with E-state index in [1.54, 1.807) is 30.3 Å². The van der Waals surface area contributed by atoms with Gasteiger partial charge in [0.25, 0.3) is 0 Å². The average Bonchev–Trinajstić information content (AvgIpc) is 3.24. The lowest BCUT2D eigenvalue weighted by molar-refractivity contribution is -0.383. The molecule has 0 fully saturated rings. The molecular weight excluding hydrogens is 533 g/mol. The Kier molecular flexibility index (Phi) is 22.0. The third kappa shape index (κ3) is 11.4. The van der Waals surface area contributed by atoms with E-state index >= 15 is 0 Å². The maximum Gasteiger partial charge on any atom is 0.310 e. The molecule has 0 saturated carbocycles. The van der Waals surface area contributed by atoms with Crippen LogP contribution < -0.4 is 17.2 Å². The van der Waals surface area contributed by atoms with E-state index in [-0.39, 0.29) is 44.2 Å². The maximum absolute atomic E-state index is 10.3. The number of nitro groups is 1. The van der Waals surface area contributed by atoms with Crippen molar-refractivity contribution in [3.8, 4) is 0 Å². The zero-order chi connectivity index (χ0) is 24.3. The molecule has 0 unspecified atom stereocenters. The Morgan fingerprint density at radius 3 is 1.69 bits per heavy atom. The number of aliphatic hydroxyl groups excluding tert-OH is 1. The van der Waals surface area contributed by atoms with E-state index in [0.29, 0.717) is 21.4 Å². The van der Waals surface area contributed by atoms with Crippen molar-refractivity contribution in [2.24, 2.45) is 0 Å². The molecule has 3 aromatic carbocycles. The molecule has 10 N–H and O–H groups in total. The molecule has 14 heteroatoms. The first kappa shape index (κ1) is 39.8. The Morgan fingerprint density at radius 2 is 1.28 bits per heavy atom. The van der Waals surface area contributed by atoms with Crippen LogP contribution in [0, 0.1) is 10.1 Å². The minimum Gasteiger partial charge on any atom is -0.412 e. The third-order valence-corrected chi connectivity index (χ3v) is 4.52. The number of nitro benzene ring substituents is 1. The fourth-order valence-electron chi connectivity index (χ4n) is 2.11. The smallest absolute Gasteiger partial charge is 0.310 e. The molecule has 0 aliphatic carbocycles. The Balaban J connectivity index is -0.000000196. The molecule has 4 aromatic rings. The number of H-pyrrole nitrogens is 1. The quantitative estimate of drug-likeness (QED) is 0.110. The van der Waals surface area contributed by atoms with Crippen molar-refractivity contribution in [1.82, 2.24) is 15.4 Å². The van der Waals surface area contributed by atoms with E-state index in [2.05, 4.69) is 15.4 Å². The first-order valence-corrected chi connectivity index (χ1v) is 9.73. The number of nitrogen functional groups attached to an aromatic ring is 3. The number of para-hydroxylation sites is 3. The van der Waals surface area contributed by atoms with E-state index in [4.69, 9.17) is 57.1 Å². The third-order valence-electron chi connectivity index (χ3n) is 3.58. The molecule has 202 valence electrons. The summed E-state index contributed by atoms with van der Waals surface area (Å²) in [6, 6.07) is 15.1. The van der Waals surface area contributed by atoms with Crippen molar-refractivity contribution in [2.45, 2.75) is 22.3 Å². The Hall–Kier alpha value is -3.35. The van der Waals surface area contributed by atoms with Crippen LogP contribution in [0.3, 0.4) is 0 Å². The van der Waals surface area contributed by atoms with Crippen molar-refractivity contribution in [1.29, 1.82) is 0 Å². The monoisotopic (exact) mass is 565 g/mol. The van der Waals surface area contributed by atoms with Crippen molar-refractivity contribution in [3.63, 3.8) is 0 Å². The number of rotatable bonds is 1. The molecule has 0 atom stereocenters. The van der Waals surface area contributed by atoms with Gasteiger partial charge < -0.3 is 27.8 Å². The van der Waals surface area contributed by atoms with Crippen LogP contribution in [-0.2, 0) is 0 Å². The molecule has 0 spiro atoms. The summed E-state index contributed by atoms with van der Waals surface area (Å²) in [6.07, 6.45) is 0. The Morgan fingerprint density at radius 1 is 0.806 bits per heavy atom. The predicted molar refractivity (Wildman–Crippen MR) is 154 cm³/mol. The molecule has 11 nitrogen and oxygen atoms in total. The van der Waals surface area contributed by atoms with Crippen LogP contribution in [0.4, 0.5) is 22.7 Å². The van der Waals surface area contributed by atoms with E-state index in [9.17, 15) is 10.1 Å². The lowest BCUT2D eigenvalue weighted by Gasteiger charge is -1.98. The summed E-state index contributed by atoms with van der Waals surface area (Å²) in [5.41, 5.74) is 18.5. The summed E-state index contributed by atoms with van der Waals surface area (Å²) in [5, 5.41) is 28.7. The Bertz CT molecular complexity index is 1140. The highest BCUT2D eigenvalue weighted by Crippen LogP contribution is 2.29. The highest BCUT2D eigenvalue weighted by molar-refractivity contribution is 6.35. The summed E-state index contributed by atoms with van der Waals surface area (Å²) in [6.45, 7) is 0. The number of hydrogen-bond acceptors (Lipinski definition) is 8. The molecule has 0 saturated heterocycles. The zero-order valence-electron chi connectivity index (χ0n) is 17.2. The Labute approximate surface area is 225 Å². The number of hydrogen-bond donors (Lipinski definition) is 5. The van der Waals surface area contributed by atoms with Gasteiger partial charge in [-0.2, -0.15) is 15.4 Å². The minimum atomic E-state index is -0.600. The van der Waals surface area contributed by atoms with Crippen LogP contribution in [-0.4, -0.2) is 38.0 Å². The highest BCUT2D eigenvalue weighted by atomic mass is 35.5. The van der Waals surface area contributed by atoms with Gasteiger partial charge in [-0.15, -0.1) is 0 Å². The van der Waals surface area contributed by atoms with Crippen molar-refractivity contribution >= 4 is 68.6 Å². The summed E-state index contributed by atoms with van der Waals surface area (Å²) in [4.78, 5) is 9.68. The van der Waals surface area contributed by atoms with Gasteiger partial charge in [-0.05, 0) is 36.4 Å². The average molecular weight is 567 g/mol. The number of nitrogens with zero attached hydrogens (tertiary/aromatic N) is 3. The summed E-state index contributed by atoms with van der Waals surface area (Å²) < 4.78 is 0. The second-order valence-electron chi connectivity index (χ2n) is 5.61. The fourth-order valence-corrected chi connectivity index (χ4v) is 2.76. The van der Waals surface area contributed by atoms with Crippen LogP contribution in [0.1, 0.15) is 22.3 Å². The molecule has 0 radical (unpaired) electrons. The second kappa shape index (κ2) is 19.9. The number of benzene rings is 3. The largest absolute Gasteiger partial charge is 0.412 e. The molecule has 0 amide bonds. The summed E-state index contributed by atoms with van der Waals surface area (Å²) in [7, 11) is 1.00. The molecular formula is C22H34Cl3N7O4. The minimum absolute atomic E-state index is 0. The van der Waals surface area contributed by atoms with Gasteiger partial charge in [0.1, 0.15) is 21.7 Å². The number of anilines is 3. The van der Waals surface area contributed by atoms with Gasteiger partial charge in [-0.1, -0.05) is 75.3 Å². The number of aromatic amines is 1. The van der Waals surface area contributed by atoms with Crippen molar-refractivity contribution in [3.05, 3.63) is 79.8 Å². The number of nitrogens with two attached hydrogens (primary N) is 3. The molecule has 0 aliphatic heterocycles. The maximum atomic E-state index is 10.3. The number of aromatic nitrogens is 3. The molecule has 1 aromatic heterocycles. The van der Waals surface area contributed by atoms with E-state index in [1.165, 1.54) is 12.1 Å². The number of aliphatic hydroxyl groups is 1. The number of fused-ring (bicyclic) bond motifs is 1.